The normalized spacial score (nSPS) is 15.4. The van der Waals surface area contributed by atoms with Crippen molar-refractivity contribution in [1.29, 1.82) is 0 Å². The predicted molar refractivity (Wildman–Crippen MR) is 85.1 cm³/mol. The van der Waals surface area contributed by atoms with Crippen LogP contribution >= 0.6 is 0 Å². The third-order valence-electron chi connectivity index (χ3n) is 3.99. The molecule has 5 heteroatoms. The topological polar surface area (TPSA) is 66.3 Å². The van der Waals surface area contributed by atoms with Crippen molar-refractivity contribution >= 4 is 11.8 Å². The maximum absolute atomic E-state index is 11.0. The number of carboxylic acid groups (broad SMARTS) is 1. The summed E-state index contributed by atoms with van der Waals surface area (Å²) in [6.45, 7) is 2.06. The van der Waals surface area contributed by atoms with Gasteiger partial charge in [0.25, 0.3) is 0 Å². The Balaban J connectivity index is 1.81. The maximum atomic E-state index is 11.0. The Labute approximate surface area is 129 Å². The predicted octanol–water partition coefficient (Wildman–Crippen LogP) is 3.22. The number of nitrogens with zero attached hydrogens (tertiary/aromatic N) is 3. The molecule has 3 rings (SSSR count). The molecule has 0 spiro atoms. The molecular formula is C17H19N3O2. The summed E-state index contributed by atoms with van der Waals surface area (Å²) < 4.78 is 0. The van der Waals surface area contributed by atoms with Crippen molar-refractivity contribution in [1.82, 2.24) is 10.2 Å². The summed E-state index contributed by atoms with van der Waals surface area (Å²) >= 11 is 0. The van der Waals surface area contributed by atoms with Crippen molar-refractivity contribution in [3.63, 3.8) is 0 Å². The highest BCUT2D eigenvalue weighted by atomic mass is 16.4. The SMILES string of the molecule is O=C(O)c1cccc(-c2ccc(N3CCCCCC3)nn2)c1. The minimum atomic E-state index is -0.934. The third kappa shape index (κ3) is 3.24. The van der Waals surface area contributed by atoms with Gasteiger partial charge in [-0.25, -0.2) is 4.79 Å². The third-order valence-corrected chi connectivity index (χ3v) is 3.99. The number of aromatic nitrogens is 2. The number of anilines is 1. The molecule has 1 aromatic carbocycles. The molecule has 114 valence electrons. The first kappa shape index (κ1) is 14.5. The summed E-state index contributed by atoms with van der Waals surface area (Å²) in [6, 6.07) is 10.7. The van der Waals surface area contributed by atoms with Gasteiger partial charge < -0.3 is 10.0 Å². The molecule has 0 unspecified atom stereocenters. The fraction of sp³-hybridized carbons (Fsp3) is 0.353. The molecule has 0 bridgehead atoms. The van der Waals surface area contributed by atoms with Crippen LogP contribution in [-0.4, -0.2) is 34.4 Å². The zero-order valence-corrected chi connectivity index (χ0v) is 12.4. The van der Waals surface area contributed by atoms with E-state index >= 15 is 0 Å². The lowest BCUT2D eigenvalue weighted by Crippen LogP contribution is -2.25. The van der Waals surface area contributed by atoms with Gasteiger partial charge in [0.05, 0.1) is 11.3 Å². The number of carboxylic acids is 1. The highest BCUT2D eigenvalue weighted by molar-refractivity contribution is 5.89. The van der Waals surface area contributed by atoms with Gasteiger partial charge in [-0.1, -0.05) is 25.0 Å². The van der Waals surface area contributed by atoms with Crippen molar-refractivity contribution in [3.8, 4) is 11.3 Å². The average Bonchev–Trinajstić information content (AvgIpc) is 2.84. The van der Waals surface area contributed by atoms with Crippen LogP contribution in [0.1, 0.15) is 36.0 Å². The van der Waals surface area contributed by atoms with Crippen molar-refractivity contribution in [2.24, 2.45) is 0 Å². The van der Waals surface area contributed by atoms with E-state index in [9.17, 15) is 4.79 Å². The van der Waals surface area contributed by atoms with Crippen LogP contribution < -0.4 is 4.90 Å². The molecular weight excluding hydrogens is 278 g/mol. The van der Waals surface area contributed by atoms with E-state index < -0.39 is 5.97 Å². The fourth-order valence-corrected chi connectivity index (χ4v) is 2.76. The Kier molecular flexibility index (Phi) is 4.32. The van der Waals surface area contributed by atoms with E-state index in [0.717, 1.165) is 24.5 Å². The zero-order chi connectivity index (χ0) is 15.4. The largest absolute Gasteiger partial charge is 0.478 e. The van der Waals surface area contributed by atoms with Crippen molar-refractivity contribution in [2.45, 2.75) is 25.7 Å². The van der Waals surface area contributed by atoms with E-state index in [1.54, 1.807) is 18.2 Å². The summed E-state index contributed by atoms with van der Waals surface area (Å²) in [4.78, 5) is 13.3. The van der Waals surface area contributed by atoms with Crippen molar-refractivity contribution < 1.29 is 9.90 Å². The molecule has 5 nitrogen and oxygen atoms in total. The molecule has 2 heterocycles. The highest BCUT2D eigenvalue weighted by Gasteiger charge is 2.12. The van der Waals surface area contributed by atoms with Gasteiger partial charge in [0.1, 0.15) is 0 Å². The average molecular weight is 297 g/mol. The second-order valence-electron chi connectivity index (χ2n) is 5.56. The molecule has 22 heavy (non-hydrogen) atoms. The van der Waals surface area contributed by atoms with E-state index in [2.05, 4.69) is 15.1 Å². The van der Waals surface area contributed by atoms with Gasteiger partial charge in [-0.3, -0.25) is 0 Å². The number of rotatable bonds is 3. The molecule has 1 fully saturated rings. The number of hydrogen-bond acceptors (Lipinski definition) is 4. The van der Waals surface area contributed by atoms with E-state index in [-0.39, 0.29) is 5.56 Å². The smallest absolute Gasteiger partial charge is 0.335 e. The Morgan fingerprint density at radius 2 is 1.77 bits per heavy atom. The summed E-state index contributed by atoms with van der Waals surface area (Å²) in [5.74, 6) is -0.0314. The molecule has 1 aliphatic heterocycles. The number of aromatic carboxylic acids is 1. The van der Waals surface area contributed by atoms with Crippen LogP contribution in [0.4, 0.5) is 5.82 Å². The van der Waals surface area contributed by atoms with Crippen molar-refractivity contribution in [3.05, 3.63) is 42.0 Å². The van der Waals surface area contributed by atoms with Gasteiger partial charge in [-0.05, 0) is 37.1 Å². The van der Waals surface area contributed by atoms with Crippen LogP contribution in [-0.2, 0) is 0 Å². The molecule has 0 saturated carbocycles. The van der Waals surface area contributed by atoms with Gasteiger partial charge in [0.15, 0.2) is 5.82 Å². The molecule has 0 atom stereocenters. The van der Waals surface area contributed by atoms with E-state index in [4.69, 9.17) is 5.11 Å². The first-order valence-electron chi connectivity index (χ1n) is 7.66. The Morgan fingerprint density at radius 1 is 1.00 bits per heavy atom. The lowest BCUT2D eigenvalue weighted by atomic mass is 10.1. The fourth-order valence-electron chi connectivity index (χ4n) is 2.76. The van der Waals surface area contributed by atoms with Gasteiger partial charge in [0.2, 0.25) is 0 Å². The number of benzene rings is 1. The molecule has 0 amide bonds. The molecule has 1 aromatic heterocycles. The zero-order valence-electron chi connectivity index (χ0n) is 12.4. The quantitative estimate of drug-likeness (QED) is 0.942. The first-order valence-corrected chi connectivity index (χ1v) is 7.66. The summed E-state index contributed by atoms with van der Waals surface area (Å²) in [5, 5.41) is 17.6. The first-order chi connectivity index (χ1) is 10.7. The van der Waals surface area contributed by atoms with Gasteiger partial charge in [-0.2, -0.15) is 0 Å². The standard InChI is InChI=1S/C17H19N3O2/c21-17(22)14-7-5-6-13(12-14)15-8-9-16(19-18-15)20-10-3-1-2-4-11-20/h5-9,12H,1-4,10-11H2,(H,21,22). The second-order valence-corrected chi connectivity index (χ2v) is 5.56. The lowest BCUT2D eigenvalue weighted by molar-refractivity contribution is 0.0697. The van der Waals surface area contributed by atoms with Crippen LogP contribution in [0.2, 0.25) is 0 Å². The molecule has 1 aliphatic rings. The van der Waals surface area contributed by atoms with E-state index in [1.807, 2.05) is 18.2 Å². The van der Waals surface area contributed by atoms with Gasteiger partial charge in [-0.15, -0.1) is 10.2 Å². The summed E-state index contributed by atoms with van der Waals surface area (Å²) in [5.41, 5.74) is 1.73. The molecule has 0 aliphatic carbocycles. The highest BCUT2D eigenvalue weighted by Crippen LogP contribution is 2.21. The van der Waals surface area contributed by atoms with Crippen molar-refractivity contribution in [2.75, 3.05) is 18.0 Å². The molecule has 1 saturated heterocycles. The van der Waals surface area contributed by atoms with Crippen LogP contribution in [0.3, 0.4) is 0 Å². The second kappa shape index (κ2) is 6.56. The van der Waals surface area contributed by atoms with Crippen LogP contribution in [0.25, 0.3) is 11.3 Å². The number of hydrogen-bond donors (Lipinski definition) is 1. The Hall–Kier alpha value is -2.43. The summed E-state index contributed by atoms with van der Waals surface area (Å²) in [7, 11) is 0. The Bertz CT molecular complexity index is 647. The van der Waals surface area contributed by atoms with E-state index in [0.29, 0.717) is 5.69 Å². The van der Waals surface area contributed by atoms with Gasteiger partial charge in [0, 0.05) is 18.7 Å². The van der Waals surface area contributed by atoms with Crippen LogP contribution in [0.15, 0.2) is 36.4 Å². The number of carbonyl (C=O) groups is 1. The molecule has 1 N–H and O–H groups in total. The van der Waals surface area contributed by atoms with E-state index in [1.165, 1.54) is 25.7 Å². The van der Waals surface area contributed by atoms with Crippen LogP contribution in [0, 0.1) is 0 Å². The Morgan fingerprint density at radius 3 is 2.41 bits per heavy atom. The minimum absolute atomic E-state index is 0.260. The monoisotopic (exact) mass is 297 g/mol. The minimum Gasteiger partial charge on any atom is -0.478 e. The molecule has 2 aromatic rings. The maximum Gasteiger partial charge on any atom is 0.335 e. The molecule has 0 radical (unpaired) electrons. The van der Waals surface area contributed by atoms with Gasteiger partial charge >= 0.3 is 5.97 Å². The lowest BCUT2D eigenvalue weighted by Gasteiger charge is -2.20. The summed E-state index contributed by atoms with van der Waals surface area (Å²) in [6.07, 6.45) is 4.96. The van der Waals surface area contributed by atoms with Crippen LogP contribution in [0.5, 0.6) is 0 Å².